The Morgan fingerprint density at radius 1 is 1.14 bits per heavy atom. The molecular weight excluding hydrogens is 454 g/mol. The Morgan fingerprint density at radius 2 is 2.03 bits per heavy atom. The first-order valence-electron chi connectivity index (χ1n) is 11.3. The van der Waals surface area contributed by atoms with Gasteiger partial charge in [-0.2, -0.15) is 0 Å². The highest BCUT2D eigenvalue weighted by Crippen LogP contribution is 2.35. The van der Waals surface area contributed by atoms with Crippen LogP contribution in [0, 0.1) is 5.82 Å². The lowest BCUT2D eigenvalue weighted by Crippen LogP contribution is -2.44. The average Bonchev–Trinajstić information content (AvgIpc) is 3.45. The quantitative estimate of drug-likeness (QED) is 0.418. The van der Waals surface area contributed by atoms with Crippen molar-refractivity contribution in [2.45, 2.75) is 25.2 Å². The maximum absolute atomic E-state index is 13.9. The third kappa shape index (κ3) is 3.75. The molecule has 0 spiro atoms. The summed E-state index contributed by atoms with van der Waals surface area (Å²) in [6.07, 6.45) is 3.11. The van der Waals surface area contributed by atoms with E-state index < -0.39 is 12.3 Å². The van der Waals surface area contributed by atoms with Crippen molar-refractivity contribution in [3.63, 3.8) is 0 Å². The topological polar surface area (TPSA) is 94.8 Å². The second-order valence-corrected chi connectivity index (χ2v) is 8.76. The van der Waals surface area contributed by atoms with Gasteiger partial charge in [-0.15, -0.1) is 0 Å². The summed E-state index contributed by atoms with van der Waals surface area (Å²) >= 11 is 0. The van der Waals surface area contributed by atoms with Gasteiger partial charge in [0.05, 0.1) is 47.7 Å². The minimum atomic E-state index is -1.28. The molecule has 2 aliphatic heterocycles. The highest BCUT2D eigenvalue weighted by Gasteiger charge is 2.29. The molecule has 35 heavy (non-hydrogen) atoms. The number of rotatable bonds is 4. The number of piperidine rings is 1. The van der Waals surface area contributed by atoms with Crippen LogP contribution in [0.5, 0.6) is 0 Å². The van der Waals surface area contributed by atoms with Crippen molar-refractivity contribution in [3.8, 4) is 11.3 Å². The molecule has 4 aromatic rings. The zero-order valence-electron chi connectivity index (χ0n) is 18.6. The highest BCUT2D eigenvalue weighted by atomic mass is 19.1. The number of fused-ring (bicyclic) bond motifs is 2. The normalized spacial score (nSPS) is 19.6. The standard InChI is InChI=1S/C25H22F2N6O2/c26-14-5-8-33-20(12-29-23(33)9-14)16-2-3-19(24-17(16)11-30-25(24)35)31-22-4-1-15(10-28-22)32-7-6-21(34)18(27)13-32/h1-5,8-10,12,18,21,34H,6-7,11,13H2,(H,28,31)(H,30,35)/t18-,21?/m1/s1. The monoisotopic (exact) mass is 476 g/mol. The Balaban J connectivity index is 1.30. The SMILES string of the molecule is O=C1NCc2c(-c3cnc4cc(F)ccn34)ccc(Nc3ccc(N4CCC(O)[C@H](F)C4)cn3)c21. The summed E-state index contributed by atoms with van der Waals surface area (Å²) in [5.74, 6) is -0.0126. The minimum absolute atomic E-state index is 0.126. The van der Waals surface area contributed by atoms with Crippen LogP contribution in [0.1, 0.15) is 22.3 Å². The summed E-state index contributed by atoms with van der Waals surface area (Å²) in [7, 11) is 0. The van der Waals surface area contributed by atoms with E-state index in [1.165, 1.54) is 12.1 Å². The molecule has 6 rings (SSSR count). The Kier molecular flexibility index (Phi) is 5.10. The van der Waals surface area contributed by atoms with Gasteiger partial charge in [0.25, 0.3) is 5.91 Å². The number of anilines is 3. The Labute approximate surface area is 199 Å². The number of aliphatic hydroxyl groups excluding tert-OH is 1. The van der Waals surface area contributed by atoms with Crippen LogP contribution in [-0.4, -0.2) is 50.7 Å². The van der Waals surface area contributed by atoms with Crippen molar-refractivity contribution >= 4 is 28.7 Å². The van der Waals surface area contributed by atoms with E-state index >= 15 is 0 Å². The van der Waals surface area contributed by atoms with Gasteiger partial charge < -0.3 is 20.6 Å². The van der Waals surface area contributed by atoms with Crippen LogP contribution in [-0.2, 0) is 6.54 Å². The average molecular weight is 476 g/mol. The van der Waals surface area contributed by atoms with Crippen molar-refractivity contribution in [2.24, 2.45) is 0 Å². The molecule has 3 aromatic heterocycles. The van der Waals surface area contributed by atoms with E-state index in [4.69, 9.17) is 0 Å². The van der Waals surface area contributed by atoms with E-state index in [0.717, 1.165) is 22.5 Å². The van der Waals surface area contributed by atoms with E-state index in [9.17, 15) is 18.7 Å². The van der Waals surface area contributed by atoms with Gasteiger partial charge in [0.1, 0.15) is 23.5 Å². The molecule has 8 nitrogen and oxygen atoms in total. The number of carbonyl (C=O) groups is 1. The van der Waals surface area contributed by atoms with E-state index in [-0.39, 0.29) is 18.3 Å². The zero-order valence-corrected chi connectivity index (χ0v) is 18.6. The molecule has 2 aliphatic rings. The molecule has 178 valence electrons. The summed E-state index contributed by atoms with van der Waals surface area (Å²) < 4.78 is 29.3. The fraction of sp³-hybridized carbons (Fsp3) is 0.240. The summed E-state index contributed by atoms with van der Waals surface area (Å²) in [6.45, 7) is 1.05. The summed E-state index contributed by atoms with van der Waals surface area (Å²) in [6, 6.07) is 10.1. The maximum Gasteiger partial charge on any atom is 0.254 e. The van der Waals surface area contributed by atoms with Gasteiger partial charge in [-0.05, 0) is 36.2 Å². The molecular formula is C25H22F2N6O2. The number of pyridine rings is 2. The number of alkyl halides is 1. The molecule has 0 saturated carbocycles. The Morgan fingerprint density at radius 3 is 2.83 bits per heavy atom. The zero-order chi connectivity index (χ0) is 24.1. The maximum atomic E-state index is 13.9. The number of aliphatic hydroxyl groups is 1. The molecule has 1 amide bonds. The molecule has 1 aromatic carbocycles. The fourth-order valence-corrected chi connectivity index (χ4v) is 4.76. The van der Waals surface area contributed by atoms with Crippen LogP contribution < -0.4 is 15.5 Å². The Bertz CT molecular complexity index is 1440. The lowest BCUT2D eigenvalue weighted by molar-refractivity contribution is 0.0615. The number of hydrogen-bond acceptors (Lipinski definition) is 6. The third-order valence-electron chi connectivity index (χ3n) is 6.60. The van der Waals surface area contributed by atoms with Gasteiger partial charge in [-0.25, -0.2) is 18.7 Å². The highest BCUT2D eigenvalue weighted by molar-refractivity contribution is 6.06. The number of carbonyl (C=O) groups excluding carboxylic acids is 1. The van der Waals surface area contributed by atoms with Crippen LogP contribution >= 0.6 is 0 Å². The van der Waals surface area contributed by atoms with Crippen molar-refractivity contribution < 1.29 is 18.7 Å². The first kappa shape index (κ1) is 21.5. The number of halogens is 2. The van der Waals surface area contributed by atoms with E-state index in [1.54, 1.807) is 29.1 Å². The molecule has 0 bridgehead atoms. The number of aromatic nitrogens is 3. The number of imidazole rings is 1. The molecule has 2 atom stereocenters. The summed E-state index contributed by atoms with van der Waals surface area (Å²) in [5.41, 5.74) is 4.81. The van der Waals surface area contributed by atoms with Crippen molar-refractivity contribution in [1.82, 2.24) is 19.7 Å². The number of hydrogen-bond donors (Lipinski definition) is 3. The van der Waals surface area contributed by atoms with Crippen LogP contribution in [0.15, 0.2) is 55.0 Å². The van der Waals surface area contributed by atoms with Gasteiger partial charge in [0.15, 0.2) is 0 Å². The second kappa shape index (κ2) is 8.31. The summed E-state index contributed by atoms with van der Waals surface area (Å²) in [5, 5.41) is 15.7. The number of nitrogens with one attached hydrogen (secondary N) is 2. The Hall–Kier alpha value is -4.05. The second-order valence-electron chi connectivity index (χ2n) is 8.76. The largest absolute Gasteiger partial charge is 0.390 e. The van der Waals surface area contributed by atoms with E-state index in [0.29, 0.717) is 42.2 Å². The lowest BCUT2D eigenvalue weighted by Gasteiger charge is -2.33. The smallest absolute Gasteiger partial charge is 0.254 e. The van der Waals surface area contributed by atoms with Gasteiger partial charge in [0.2, 0.25) is 0 Å². The van der Waals surface area contributed by atoms with Crippen LogP contribution in [0.25, 0.3) is 16.9 Å². The molecule has 10 heteroatoms. The molecule has 3 N–H and O–H groups in total. The van der Waals surface area contributed by atoms with Crippen molar-refractivity contribution in [2.75, 3.05) is 23.3 Å². The predicted molar refractivity (Wildman–Crippen MR) is 127 cm³/mol. The summed E-state index contributed by atoms with van der Waals surface area (Å²) in [4.78, 5) is 23.3. The molecule has 0 aliphatic carbocycles. The van der Waals surface area contributed by atoms with E-state index in [2.05, 4.69) is 20.6 Å². The first-order valence-corrected chi connectivity index (χ1v) is 11.3. The van der Waals surface area contributed by atoms with Crippen LogP contribution in [0.3, 0.4) is 0 Å². The first-order chi connectivity index (χ1) is 17.0. The number of amides is 1. The molecule has 0 radical (unpaired) electrons. The molecule has 1 saturated heterocycles. The van der Waals surface area contributed by atoms with Crippen LogP contribution in [0.2, 0.25) is 0 Å². The van der Waals surface area contributed by atoms with E-state index in [1.807, 2.05) is 23.1 Å². The van der Waals surface area contributed by atoms with Gasteiger partial charge in [-0.3, -0.25) is 9.20 Å². The molecule has 1 unspecified atom stereocenters. The van der Waals surface area contributed by atoms with Gasteiger partial charge >= 0.3 is 0 Å². The third-order valence-corrected chi connectivity index (χ3v) is 6.60. The fourth-order valence-electron chi connectivity index (χ4n) is 4.76. The molecule has 5 heterocycles. The van der Waals surface area contributed by atoms with Crippen LogP contribution in [0.4, 0.5) is 26.0 Å². The van der Waals surface area contributed by atoms with Crippen molar-refractivity contribution in [1.29, 1.82) is 0 Å². The number of benzene rings is 1. The van der Waals surface area contributed by atoms with Crippen molar-refractivity contribution in [3.05, 3.63) is 71.9 Å². The predicted octanol–water partition coefficient (Wildman–Crippen LogP) is 3.43. The van der Waals surface area contributed by atoms with Gasteiger partial charge in [0, 0.05) is 30.9 Å². The molecule has 1 fully saturated rings. The number of nitrogens with zero attached hydrogens (tertiary/aromatic N) is 4. The minimum Gasteiger partial charge on any atom is -0.390 e. The lowest BCUT2D eigenvalue weighted by atomic mass is 9.99. The van der Waals surface area contributed by atoms with Gasteiger partial charge in [-0.1, -0.05) is 6.07 Å².